The van der Waals surface area contributed by atoms with E-state index in [4.69, 9.17) is 14.7 Å². The number of rotatable bonds is 7. The zero-order valence-corrected chi connectivity index (χ0v) is 14.7. The zero-order chi connectivity index (χ0) is 19.9. The van der Waals surface area contributed by atoms with Crippen LogP contribution in [0, 0.1) is 0 Å². The van der Waals surface area contributed by atoms with Gasteiger partial charge in [-0.3, -0.25) is 0 Å². The van der Waals surface area contributed by atoms with Crippen LogP contribution >= 0.6 is 0 Å². The standard InChI is InChI=1S/C17H21F3N2O5/c1-12(13-2-4-15(5-3-13)27-17(18,19)20)21-26-11-10-25-14-6-8-22(9-7-14)16(23)24/h2-5,14H,6-11H2,1H3,(H,23,24)/b21-12-. The Labute approximate surface area is 154 Å². The van der Waals surface area contributed by atoms with Gasteiger partial charge in [-0.15, -0.1) is 13.2 Å². The number of amides is 1. The van der Waals surface area contributed by atoms with E-state index in [1.54, 1.807) is 6.92 Å². The molecule has 1 heterocycles. The smallest absolute Gasteiger partial charge is 0.465 e. The summed E-state index contributed by atoms with van der Waals surface area (Å²) in [4.78, 5) is 17.3. The number of carboxylic acid groups (broad SMARTS) is 1. The van der Waals surface area contributed by atoms with Crippen LogP contribution in [0.3, 0.4) is 0 Å². The van der Waals surface area contributed by atoms with Crippen molar-refractivity contribution in [3.05, 3.63) is 29.8 Å². The maximum absolute atomic E-state index is 12.1. The summed E-state index contributed by atoms with van der Waals surface area (Å²) in [6, 6.07) is 5.31. The number of hydrogen-bond acceptors (Lipinski definition) is 5. The van der Waals surface area contributed by atoms with E-state index in [0.717, 1.165) is 0 Å². The van der Waals surface area contributed by atoms with Crippen molar-refractivity contribution in [1.82, 2.24) is 4.90 Å². The first-order chi connectivity index (χ1) is 12.7. The van der Waals surface area contributed by atoms with Crippen molar-refractivity contribution in [3.8, 4) is 5.75 Å². The normalized spacial score (nSPS) is 16.3. The monoisotopic (exact) mass is 390 g/mol. The van der Waals surface area contributed by atoms with E-state index in [9.17, 15) is 18.0 Å². The van der Waals surface area contributed by atoms with Crippen LogP contribution in [0.1, 0.15) is 25.3 Å². The summed E-state index contributed by atoms with van der Waals surface area (Å²) in [7, 11) is 0. The van der Waals surface area contributed by atoms with Crippen LogP contribution in [0.15, 0.2) is 29.4 Å². The van der Waals surface area contributed by atoms with Crippen LogP contribution in [-0.2, 0) is 9.57 Å². The van der Waals surface area contributed by atoms with E-state index in [1.165, 1.54) is 29.2 Å². The quantitative estimate of drug-likeness (QED) is 0.438. The highest BCUT2D eigenvalue weighted by molar-refractivity contribution is 5.98. The lowest BCUT2D eigenvalue weighted by molar-refractivity contribution is -0.274. The molecule has 0 saturated carbocycles. The molecule has 150 valence electrons. The molecule has 0 atom stereocenters. The van der Waals surface area contributed by atoms with Crippen LogP contribution in [0.5, 0.6) is 5.75 Å². The molecule has 1 aromatic rings. The fraction of sp³-hybridized carbons (Fsp3) is 0.529. The first kappa shape index (κ1) is 20.8. The van der Waals surface area contributed by atoms with E-state index in [2.05, 4.69) is 9.89 Å². The van der Waals surface area contributed by atoms with Gasteiger partial charge in [0.2, 0.25) is 0 Å². The van der Waals surface area contributed by atoms with Gasteiger partial charge in [-0.25, -0.2) is 4.79 Å². The third-order valence-corrected chi connectivity index (χ3v) is 3.95. The number of oxime groups is 1. The number of ether oxygens (including phenoxy) is 2. The lowest BCUT2D eigenvalue weighted by atomic mass is 10.1. The minimum atomic E-state index is -4.72. The zero-order valence-electron chi connectivity index (χ0n) is 14.7. The van der Waals surface area contributed by atoms with Crippen LogP contribution < -0.4 is 4.74 Å². The van der Waals surface area contributed by atoms with Gasteiger partial charge < -0.3 is 24.3 Å². The summed E-state index contributed by atoms with van der Waals surface area (Å²) in [6.45, 7) is 3.10. The first-order valence-corrected chi connectivity index (χ1v) is 8.37. The van der Waals surface area contributed by atoms with Crippen LogP contribution in [0.25, 0.3) is 0 Å². The molecule has 0 aromatic heterocycles. The molecule has 1 fully saturated rings. The Morgan fingerprint density at radius 1 is 1.22 bits per heavy atom. The number of alkyl halides is 3. The summed E-state index contributed by atoms with van der Waals surface area (Å²) in [5.74, 6) is -0.303. The molecular formula is C17H21F3N2O5. The van der Waals surface area contributed by atoms with Gasteiger partial charge in [-0.05, 0) is 49.6 Å². The number of nitrogens with zero attached hydrogens (tertiary/aromatic N) is 2. The van der Waals surface area contributed by atoms with Gasteiger partial charge in [-0.1, -0.05) is 5.16 Å². The van der Waals surface area contributed by atoms with Gasteiger partial charge in [0.25, 0.3) is 0 Å². The van der Waals surface area contributed by atoms with Crippen molar-refractivity contribution in [2.24, 2.45) is 5.16 Å². The summed E-state index contributed by atoms with van der Waals surface area (Å²) < 4.78 is 45.8. The van der Waals surface area contributed by atoms with Crippen molar-refractivity contribution < 1.29 is 37.4 Å². The highest BCUT2D eigenvalue weighted by atomic mass is 19.4. The molecule has 1 saturated heterocycles. The minimum absolute atomic E-state index is 0.00421. The lowest BCUT2D eigenvalue weighted by Gasteiger charge is -2.29. The Morgan fingerprint density at radius 2 is 1.85 bits per heavy atom. The predicted molar refractivity (Wildman–Crippen MR) is 89.9 cm³/mol. The summed E-state index contributed by atoms with van der Waals surface area (Å²) in [6.07, 6.45) is -4.37. The highest BCUT2D eigenvalue weighted by Gasteiger charge is 2.31. The minimum Gasteiger partial charge on any atom is -0.465 e. The second-order valence-corrected chi connectivity index (χ2v) is 5.92. The van der Waals surface area contributed by atoms with Gasteiger partial charge >= 0.3 is 12.5 Å². The van der Waals surface area contributed by atoms with Gasteiger partial charge in [0.05, 0.1) is 18.4 Å². The Morgan fingerprint density at radius 3 is 2.41 bits per heavy atom. The van der Waals surface area contributed by atoms with E-state index < -0.39 is 12.5 Å². The average molecular weight is 390 g/mol. The van der Waals surface area contributed by atoms with E-state index in [-0.39, 0.29) is 18.5 Å². The van der Waals surface area contributed by atoms with Gasteiger partial charge in [-0.2, -0.15) is 0 Å². The molecule has 1 N–H and O–H groups in total. The van der Waals surface area contributed by atoms with Crippen molar-refractivity contribution in [2.75, 3.05) is 26.3 Å². The molecule has 1 amide bonds. The second kappa shape index (κ2) is 9.45. The molecule has 7 nitrogen and oxygen atoms in total. The van der Waals surface area contributed by atoms with Crippen LogP contribution in [0.2, 0.25) is 0 Å². The van der Waals surface area contributed by atoms with E-state index >= 15 is 0 Å². The third kappa shape index (κ3) is 7.33. The Bertz CT molecular complexity index is 641. The highest BCUT2D eigenvalue weighted by Crippen LogP contribution is 2.23. The van der Waals surface area contributed by atoms with Crippen LogP contribution in [-0.4, -0.2) is 60.6 Å². The lowest BCUT2D eigenvalue weighted by Crippen LogP contribution is -2.40. The predicted octanol–water partition coefficient (Wildman–Crippen LogP) is 3.48. The summed E-state index contributed by atoms with van der Waals surface area (Å²) in [5.41, 5.74) is 1.11. The molecule has 0 aliphatic carbocycles. The van der Waals surface area contributed by atoms with Crippen molar-refractivity contribution in [1.29, 1.82) is 0 Å². The first-order valence-electron chi connectivity index (χ1n) is 8.37. The fourth-order valence-corrected chi connectivity index (χ4v) is 2.56. The van der Waals surface area contributed by atoms with E-state index in [1.807, 2.05) is 0 Å². The number of piperidine rings is 1. The molecule has 0 bridgehead atoms. The fourth-order valence-electron chi connectivity index (χ4n) is 2.56. The second-order valence-electron chi connectivity index (χ2n) is 5.92. The molecule has 1 aliphatic heterocycles. The molecule has 0 radical (unpaired) electrons. The number of carbonyl (C=O) groups is 1. The topological polar surface area (TPSA) is 80.6 Å². The number of benzene rings is 1. The molecule has 2 rings (SSSR count). The number of hydrogen-bond donors (Lipinski definition) is 1. The SMILES string of the molecule is C/C(=N/OCCOC1CCN(C(=O)O)CC1)c1ccc(OC(F)(F)F)cc1. The molecule has 0 spiro atoms. The molecule has 1 aromatic carbocycles. The van der Waals surface area contributed by atoms with Crippen molar-refractivity contribution >= 4 is 11.8 Å². The number of likely N-dealkylation sites (tertiary alicyclic amines) is 1. The summed E-state index contributed by atoms with van der Waals surface area (Å²) in [5, 5.41) is 12.8. The Kier molecular flexibility index (Phi) is 7.28. The molecule has 0 unspecified atom stereocenters. The Hall–Kier alpha value is -2.49. The number of halogens is 3. The van der Waals surface area contributed by atoms with Crippen molar-refractivity contribution in [2.45, 2.75) is 32.2 Å². The summed E-state index contributed by atoms with van der Waals surface area (Å²) >= 11 is 0. The van der Waals surface area contributed by atoms with Gasteiger partial charge in [0, 0.05) is 13.1 Å². The Balaban J connectivity index is 1.68. The van der Waals surface area contributed by atoms with Crippen LogP contribution in [0.4, 0.5) is 18.0 Å². The molecule has 1 aliphatic rings. The van der Waals surface area contributed by atoms with E-state index in [0.29, 0.717) is 43.8 Å². The van der Waals surface area contributed by atoms with Gasteiger partial charge in [0.15, 0.2) is 0 Å². The van der Waals surface area contributed by atoms with Crippen molar-refractivity contribution in [3.63, 3.8) is 0 Å². The maximum Gasteiger partial charge on any atom is 0.573 e. The molecule has 27 heavy (non-hydrogen) atoms. The third-order valence-electron chi connectivity index (χ3n) is 3.95. The maximum atomic E-state index is 12.1. The molecular weight excluding hydrogens is 369 g/mol. The van der Waals surface area contributed by atoms with Gasteiger partial charge in [0.1, 0.15) is 12.4 Å². The molecule has 10 heteroatoms. The largest absolute Gasteiger partial charge is 0.573 e. The average Bonchev–Trinajstić information content (AvgIpc) is 2.61.